The van der Waals surface area contributed by atoms with Crippen LogP contribution in [0.3, 0.4) is 0 Å². The first-order valence-electron chi connectivity index (χ1n) is 8.36. The fourth-order valence-corrected chi connectivity index (χ4v) is 5.60. The SMILES string of the molecule is COC(=O)c1cccc2sc(NCS(=O)(=O)c3c(C)cc(OC)cc3C)nc12. The number of aromatic nitrogens is 1. The molecule has 0 saturated heterocycles. The summed E-state index contributed by atoms with van der Waals surface area (Å²) in [5.41, 5.74) is 2.07. The van der Waals surface area contributed by atoms with E-state index in [-0.39, 0.29) is 10.8 Å². The topological polar surface area (TPSA) is 94.6 Å². The van der Waals surface area contributed by atoms with Gasteiger partial charge in [-0.2, -0.15) is 0 Å². The number of esters is 1. The second-order valence-electron chi connectivity index (χ2n) is 6.19. The molecule has 7 nitrogen and oxygen atoms in total. The zero-order valence-corrected chi connectivity index (χ0v) is 17.5. The molecule has 0 aliphatic rings. The van der Waals surface area contributed by atoms with Crippen molar-refractivity contribution >= 4 is 42.5 Å². The summed E-state index contributed by atoms with van der Waals surface area (Å²) < 4.78 is 36.5. The number of carbonyl (C=O) groups excluding carboxylic acids is 1. The van der Waals surface area contributed by atoms with Crippen molar-refractivity contribution in [2.75, 3.05) is 25.4 Å². The Morgan fingerprint density at radius 1 is 1.18 bits per heavy atom. The molecule has 1 aromatic heterocycles. The second kappa shape index (κ2) is 7.76. The number of anilines is 1. The normalized spacial score (nSPS) is 11.4. The Morgan fingerprint density at radius 3 is 2.46 bits per heavy atom. The quantitative estimate of drug-likeness (QED) is 0.609. The third-order valence-electron chi connectivity index (χ3n) is 4.22. The zero-order valence-electron chi connectivity index (χ0n) is 15.9. The van der Waals surface area contributed by atoms with Crippen LogP contribution < -0.4 is 10.1 Å². The molecular weight excluding hydrogens is 400 g/mol. The first-order chi connectivity index (χ1) is 13.3. The van der Waals surface area contributed by atoms with E-state index < -0.39 is 15.8 Å². The fourth-order valence-electron chi connectivity index (χ4n) is 3.05. The van der Waals surface area contributed by atoms with Crippen LogP contribution in [0.15, 0.2) is 35.2 Å². The highest BCUT2D eigenvalue weighted by Crippen LogP contribution is 2.30. The molecule has 0 bridgehead atoms. The first kappa shape index (κ1) is 20.1. The van der Waals surface area contributed by atoms with E-state index in [1.807, 2.05) is 6.07 Å². The number of methoxy groups -OCH3 is 2. The summed E-state index contributed by atoms with van der Waals surface area (Å²) in [6, 6.07) is 8.56. The lowest BCUT2D eigenvalue weighted by molar-refractivity contribution is 0.0603. The van der Waals surface area contributed by atoms with Crippen LogP contribution >= 0.6 is 11.3 Å². The van der Waals surface area contributed by atoms with Gasteiger partial charge in [-0.05, 0) is 49.2 Å². The molecule has 28 heavy (non-hydrogen) atoms. The number of para-hydroxylation sites is 1. The Balaban J connectivity index is 1.89. The van der Waals surface area contributed by atoms with Gasteiger partial charge in [0.2, 0.25) is 0 Å². The molecule has 0 spiro atoms. The predicted molar refractivity (Wildman–Crippen MR) is 109 cm³/mol. The fraction of sp³-hybridized carbons (Fsp3) is 0.263. The van der Waals surface area contributed by atoms with Crippen molar-refractivity contribution in [3.8, 4) is 5.75 Å². The average molecular weight is 421 g/mol. The van der Waals surface area contributed by atoms with Gasteiger partial charge in [-0.1, -0.05) is 17.4 Å². The number of rotatable bonds is 6. The zero-order chi connectivity index (χ0) is 20.5. The van der Waals surface area contributed by atoms with E-state index in [2.05, 4.69) is 10.3 Å². The van der Waals surface area contributed by atoms with Gasteiger partial charge in [-0.25, -0.2) is 18.2 Å². The number of nitrogens with zero attached hydrogens (tertiary/aromatic N) is 1. The van der Waals surface area contributed by atoms with E-state index in [0.29, 0.717) is 33.1 Å². The maximum absolute atomic E-state index is 12.9. The van der Waals surface area contributed by atoms with Gasteiger partial charge >= 0.3 is 5.97 Å². The third kappa shape index (κ3) is 3.81. The number of hydrogen-bond donors (Lipinski definition) is 1. The van der Waals surface area contributed by atoms with Crippen LogP contribution in [0.1, 0.15) is 21.5 Å². The van der Waals surface area contributed by atoms with Crippen molar-refractivity contribution in [3.05, 3.63) is 47.0 Å². The van der Waals surface area contributed by atoms with Gasteiger partial charge < -0.3 is 14.8 Å². The van der Waals surface area contributed by atoms with Gasteiger partial charge in [0, 0.05) is 0 Å². The molecule has 9 heteroatoms. The van der Waals surface area contributed by atoms with E-state index in [4.69, 9.17) is 9.47 Å². The largest absolute Gasteiger partial charge is 0.497 e. The summed E-state index contributed by atoms with van der Waals surface area (Å²) >= 11 is 1.28. The van der Waals surface area contributed by atoms with Crippen molar-refractivity contribution in [3.63, 3.8) is 0 Å². The number of sulfone groups is 1. The van der Waals surface area contributed by atoms with Gasteiger partial charge in [0.15, 0.2) is 15.0 Å². The van der Waals surface area contributed by atoms with E-state index in [0.717, 1.165) is 4.70 Å². The van der Waals surface area contributed by atoms with E-state index in [1.165, 1.54) is 18.4 Å². The van der Waals surface area contributed by atoms with Gasteiger partial charge in [0.25, 0.3) is 0 Å². The number of hydrogen-bond acceptors (Lipinski definition) is 8. The molecule has 1 heterocycles. The number of ether oxygens (including phenoxy) is 2. The van der Waals surface area contributed by atoms with Crippen LogP contribution in [0.25, 0.3) is 10.2 Å². The smallest absolute Gasteiger partial charge is 0.340 e. The van der Waals surface area contributed by atoms with Gasteiger partial charge in [0.05, 0.1) is 34.9 Å². The summed E-state index contributed by atoms with van der Waals surface area (Å²) in [5.74, 6) is -0.183. The van der Waals surface area contributed by atoms with Gasteiger partial charge in [0.1, 0.15) is 11.6 Å². The molecule has 0 aliphatic heterocycles. The minimum atomic E-state index is -3.60. The van der Waals surface area contributed by atoms with Crippen LogP contribution in [0.2, 0.25) is 0 Å². The molecule has 0 saturated carbocycles. The van der Waals surface area contributed by atoms with Crippen LogP contribution in [-0.4, -0.2) is 39.5 Å². The summed E-state index contributed by atoms with van der Waals surface area (Å²) in [5, 5.41) is 3.29. The Bertz CT molecular complexity index is 1130. The standard InChI is InChI=1S/C19H20N2O5S2/c1-11-8-13(25-3)9-12(2)17(11)28(23,24)10-20-19-21-16-14(18(22)26-4)6-5-7-15(16)27-19/h5-9H,10H2,1-4H3,(H,20,21). The third-order valence-corrected chi connectivity index (χ3v) is 6.99. The van der Waals surface area contributed by atoms with E-state index in [1.54, 1.807) is 45.2 Å². The molecule has 2 aromatic carbocycles. The van der Waals surface area contributed by atoms with Crippen LogP contribution in [0.4, 0.5) is 5.13 Å². The molecule has 0 atom stereocenters. The van der Waals surface area contributed by atoms with E-state index in [9.17, 15) is 13.2 Å². The van der Waals surface area contributed by atoms with Crippen molar-refractivity contribution in [1.82, 2.24) is 4.98 Å². The van der Waals surface area contributed by atoms with Crippen LogP contribution in [-0.2, 0) is 14.6 Å². The van der Waals surface area contributed by atoms with Crippen molar-refractivity contribution in [2.24, 2.45) is 0 Å². The Morgan fingerprint density at radius 2 is 1.86 bits per heavy atom. The molecule has 0 fully saturated rings. The first-order valence-corrected chi connectivity index (χ1v) is 10.8. The molecule has 1 N–H and O–H groups in total. The van der Waals surface area contributed by atoms with Gasteiger partial charge in [-0.3, -0.25) is 0 Å². The number of aryl methyl sites for hydroxylation is 2. The molecule has 3 rings (SSSR count). The molecule has 148 valence electrons. The summed E-state index contributed by atoms with van der Waals surface area (Å²) in [6.07, 6.45) is 0. The Hall–Kier alpha value is -2.65. The number of carbonyl (C=O) groups is 1. The average Bonchev–Trinajstić information content (AvgIpc) is 3.08. The lowest BCUT2D eigenvalue weighted by Gasteiger charge is -2.13. The van der Waals surface area contributed by atoms with E-state index >= 15 is 0 Å². The minimum absolute atomic E-state index is 0.275. The van der Waals surface area contributed by atoms with Crippen molar-refractivity contribution < 1.29 is 22.7 Å². The maximum Gasteiger partial charge on any atom is 0.340 e. The number of benzene rings is 2. The highest BCUT2D eigenvalue weighted by molar-refractivity contribution is 7.91. The molecule has 0 unspecified atom stereocenters. The maximum atomic E-state index is 12.9. The summed E-state index contributed by atoms with van der Waals surface area (Å²) in [7, 11) is -0.759. The summed E-state index contributed by atoms with van der Waals surface area (Å²) in [6.45, 7) is 3.48. The lowest BCUT2D eigenvalue weighted by atomic mass is 10.1. The highest BCUT2D eigenvalue weighted by atomic mass is 32.2. The lowest BCUT2D eigenvalue weighted by Crippen LogP contribution is -2.17. The number of nitrogens with one attached hydrogen (secondary N) is 1. The van der Waals surface area contributed by atoms with Crippen LogP contribution in [0.5, 0.6) is 5.75 Å². The minimum Gasteiger partial charge on any atom is -0.497 e. The Labute approximate surface area is 167 Å². The monoisotopic (exact) mass is 420 g/mol. The highest BCUT2D eigenvalue weighted by Gasteiger charge is 2.22. The Kier molecular flexibility index (Phi) is 5.57. The molecule has 0 amide bonds. The van der Waals surface area contributed by atoms with Crippen molar-refractivity contribution in [1.29, 1.82) is 0 Å². The van der Waals surface area contributed by atoms with Gasteiger partial charge in [-0.15, -0.1) is 0 Å². The molecule has 0 radical (unpaired) electrons. The molecule has 0 aliphatic carbocycles. The predicted octanol–water partition coefficient (Wildman–Crippen LogP) is 3.55. The molecular formula is C19H20N2O5S2. The number of fused-ring (bicyclic) bond motifs is 1. The van der Waals surface area contributed by atoms with Crippen molar-refractivity contribution in [2.45, 2.75) is 18.7 Å². The summed E-state index contributed by atoms with van der Waals surface area (Å²) in [4.78, 5) is 16.5. The molecule has 3 aromatic rings. The van der Waals surface area contributed by atoms with Crippen LogP contribution in [0, 0.1) is 13.8 Å². The number of thiazole rings is 1. The second-order valence-corrected chi connectivity index (χ2v) is 9.15.